The van der Waals surface area contributed by atoms with Crippen LogP contribution in [0.5, 0.6) is 11.5 Å². The van der Waals surface area contributed by atoms with E-state index in [9.17, 15) is 14.4 Å². The molecule has 0 radical (unpaired) electrons. The number of carbonyl (C=O) groups is 3. The molecule has 3 amide bonds. The van der Waals surface area contributed by atoms with Crippen LogP contribution in [0.15, 0.2) is 18.2 Å². The molecule has 7 heteroatoms. The molecule has 1 heterocycles. The molecule has 25 heavy (non-hydrogen) atoms. The molecule has 0 bridgehead atoms. The maximum Gasteiger partial charge on any atom is 0.249 e. The van der Waals surface area contributed by atoms with Crippen molar-refractivity contribution in [2.24, 2.45) is 0 Å². The minimum atomic E-state index is -0.655. The summed E-state index contributed by atoms with van der Waals surface area (Å²) in [5.74, 6) is 0.488. The van der Waals surface area contributed by atoms with E-state index in [4.69, 9.17) is 9.47 Å². The number of rotatable bonds is 7. The smallest absolute Gasteiger partial charge is 0.249 e. The monoisotopic (exact) mass is 346 g/mol. The van der Waals surface area contributed by atoms with Crippen LogP contribution in [0.3, 0.4) is 0 Å². The van der Waals surface area contributed by atoms with Gasteiger partial charge in [0.05, 0.1) is 20.6 Å². The van der Waals surface area contributed by atoms with E-state index in [0.29, 0.717) is 17.9 Å². The van der Waals surface area contributed by atoms with Gasteiger partial charge in [0.25, 0.3) is 0 Å². The summed E-state index contributed by atoms with van der Waals surface area (Å²) in [7, 11) is 3.14. The van der Waals surface area contributed by atoms with E-state index in [1.54, 1.807) is 25.2 Å². The Bertz CT molecular complexity index is 699. The van der Waals surface area contributed by atoms with Gasteiger partial charge < -0.3 is 14.4 Å². The molecular formula is C18H22N2O5. The first-order chi connectivity index (χ1) is 12.0. The zero-order valence-corrected chi connectivity index (χ0v) is 14.4. The Morgan fingerprint density at radius 2 is 1.92 bits per heavy atom. The summed E-state index contributed by atoms with van der Waals surface area (Å²) in [5, 5.41) is 2.28. The molecule has 1 aromatic rings. The van der Waals surface area contributed by atoms with Gasteiger partial charge >= 0.3 is 0 Å². The highest BCUT2D eigenvalue weighted by atomic mass is 16.5. The Hall–Kier alpha value is -2.57. The Morgan fingerprint density at radius 1 is 1.20 bits per heavy atom. The second-order valence-corrected chi connectivity index (χ2v) is 6.35. The molecule has 1 saturated heterocycles. The van der Waals surface area contributed by atoms with E-state index < -0.39 is 6.04 Å². The fourth-order valence-electron chi connectivity index (χ4n) is 3.17. The largest absolute Gasteiger partial charge is 0.493 e. The van der Waals surface area contributed by atoms with Crippen LogP contribution in [0.2, 0.25) is 0 Å². The molecule has 3 rings (SSSR count). The topological polar surface area (TPSA) is 84.9 Å². The van der Waals surface area contributed by atoms with Crippen molar-refractivity contribution in [1.29, 1.82) is 0 Å². The van der Waals surface area contributed by atoms with Crippen LogP contribution in [0.25, 0.3) is 0 Å². The lowest BCUT2D eigenvalue weighted by Crippen LogP contribution is -2.46. The van der Waals surface area contributed by atoms with E-state index in [2.05, 4.69) is 5.32 Å². The molecule has 2 fully saturated rings. The normalized spacial score (nSPS) is 19.5. The second kappa shape index (κ2) is 7.13. The summed E-state index contributed by atoms with van der Waals surface area (Å²) in [6.45, 7) is 0. The Labute approximate surface area is 146 Å². The fourth-order valence-corrected chi connectivity index (χ4v) is 3.17. The quantitative estimate of drug-likeness (QED) is 0.746. The third-order valence-electron chi connectivity index (χ3n) is 4.58. The third kappa shape index (κ3) is 3.75. The van der Waals surface area contributed by atoms with Crippen LogP contribution in [-0.4, -0.2) is 48.9 Å². The minimum Gasteiger partial charge on any atom is -0.493 e. The average Bonchev–Trinajstić information content (AvgIpc) is 3.38. The van der Waals surface area contributed by atoms with E-state index in [1.165, 1.54) is 0 Å². The van der Waals surface area contributed by atoms with Crippen LogP contribution in [0.1, 0.15) is 31.2 Å². The summed E-state index contributed by atoms with van der Waals surface area (Å²) in [6, 6.07) is 4.97. The van der Waals surface area contributed by atoms with Crippen molar-refractivity contribution in [2.75, 3.05) is 14.2 Å². The molecule has 1 atom stereocenters. The summed E-state index contributed by atoms with van der Waals surface area (Å²) < 4.78 is 10.5. The van der Waals surface area contributed by atoms with Gasteiger partial charge in [0.15, 0.2) is 11.5 Å². The summed E-state index contributed by atoms with van der Waals surface area (Å²) in [5.41, 5.74) is 0.952. The lowest BCUT2D eigenvalue weighted by Gasteiger charge is -2.26. The first-order valence-corrected chi connectivity index (χ1v) is 8.39. The number of hydrogen-bond donors (Lipinski definition) is 1. The molecule has 1 aliphatic heterocycles. The maximum absolute atomic E-state index is 12.7. The Balaban J connectivity index is 1.66. The summed E-state index contributed by atoms with van der Waals surface area (Å²) >= 11 is 0. The van der Waals surface area contributed by atoms with E-state index in [0.717, 1.165) is 18.4 Å². The van der Waals surface area contributed by atoms with Crippen molar-refractivity contribution in [3.8, 4) is 11.5 Å². The number of methoxy groups -OCH3 is 2. The van der Waals surface area contributed by atoms with Gasteiger partial charge in [0, 0.05) is 12.5 Å². The van der Waals surface area contributed by atoms with E-state index >= 15 is 0 Å². The highest BCUT2D eigenvalue weighted by molar-refractivity contribution is 6.06. The van der Waals surface area contributed by atoms with Crippen molar-refractivity contribution < 1.29 is 23.9 Å². The number of nitrogens with zero attached hydrogens (tertiary/aromatic N) is 1. The zero-order chi connectivity index (χ0) is 18.0. The van der Waals surface area contributed by atoms with Gasteiger partial charge in [-0.3, -0.25) is 19.7 Å². The summed E-state index contributed by atoms with van der Waals surface area (Å²) in [6.07, 6.45) is 2.66. The number of amides is 3. The molecule has 7 nitrogen and oxygen atoms in total. The lowest BCUT2D eigenvalue weighted by molar-refractivity contribution is -0.139. The molecule has 1 unspecified atom stereocenters. The van der Waals surface area contributed by atoms with Gasteiger partial charge in [0.1, 0.15) is 6.04 Å². The van der Waals surface area contributed by atoms with Crippen LogP contribution < -0.4 is 14.8 Å². The molecule has 2 aliphatic rings. The number of benzene rings is 1. The molecule has 1 aromatic carbocycles. The zero-order valence-electron chi connectivity index (χ0n) is 14.4. The molecule has 134 valence electrons. The fraction of sp³-hybridized carbons (Fsp3) is 0.500. The number of hydrogen-bond acceptors (Lipinski definition) is 5. The standard InChI is InChI=1S/C18H22N2O5/c1-24-14-7-3-11(9-15(14)25-2)4-8-17(22)20(12-5-6-12)13-10-16(21)19-18(13)23/h3,7,9,12-13H,4-6,8,10H2,1-2H3,(H,19,21,23). The first kappa shape index (κ1) is 17.3. The van der Waals surface area contributed by atoms with Crippen molar-refractivity contribution in [1.82, 2.24) is 10.2 Å². The van der Waals surface area contributed by atoms with Gasteiger partial charge in [-0.1, -0.05) is 6.07 Å². The average molecular weight is 346 g/mol. The van der Waals surface area contributed by atoms with Crippen LogP contribution in [0, 0.1) is 0 Å². The van der Waals surface area contributed by atoms with Crippen LogP contribution >= 0.6 is 0 Å². The molecular weight excluding hydrogens is 324 g/mol. The van der Waals surface area contributed by atoms with Crippen LogP contribution in [-0.2, 0) is 20.8 Å². The highest BCUT2D eigenvalue weighted by Crippen LogP contribution is 2.32. The van der Waals surface area contributed by atoms with Crippen molar-refractivity contribution in [3.05, 3.63) is 23.8 Å². The molecule has 1 saturated carbocycles. The van der Waals surface area contributed by atoms with Crippen LogP contribution in [0.4, 0.5) is 0 Å². The van der Waals surface area contributed by atoms with Gasteiger partial charge in [-0.15, -0.1) is 0 Å². The Kier molecular flexibility index (Phi) is 4.92. The molecule has 1 aliphatic carbocycles. The number of aryl methyl sites for hydroxylation is 1. The molecule has 0 aromatic heterocycles. The number of carbonyl (C=O) groups excluding carboxylic acids is 3. The predicted molar refractivity (Wildman–Crippen MR) is 89.3 cm³/mol. The minimum absolute atomic E-state index is 0.0669. The van der Waals surface area contributed by atoms with Crippen molar-refractivity contribution >= 4 is 17.7 Å². The SMILES string of the molecule is COc1ccc(CCC(=O)N(C2CC2)C2CC(=O)NC2=O)cc1OC. The van der Waals surface area contributed by atoms with Gasteiger partial charge in [-0.05, 0) is 37.0 Å². The maximum atomic E-state index is 12.7. The van der Waals surface area contributed by atoms with Gasteiger partial charge in [-0.25, -0.2) is 0 Å². The first-order valence-electron chi connectivity index (χ1n) is 8.39. The van der Waals surface area contributed by atoms with E-state index in [-0.39, 0.29) is 36.6 Å². The van der Waals surface area contributed by atoms with Gasteiger partial charge in [-0.2, -0.15) is 0 Å². The van der Waals surface area contributed by atoms with Gasteiger partial charge in [0.2, 0.25) is 17.7 Å². The Morgan fingerprint density at radius 3 is 2.48 bits per heavy atom. The second-order valence-electron chi connectivity index (χ2n) is 6.35. The predicted octanol–water partition coefficient (Wildman–Crippen LogP) is 1.04. The van der Waals surface area contributed by atoms with Crippen molar-refractivity contribution in [2.45, 2.75) is 44.2 Å². The summed E-state index contributed by atoms with van der Waals surface area (Å²) in [4.78, 5) is 37.7. The lowest BCUT2D eigenvalue weighted by atomic mass is 10.1. The number of ether oxygens (including phenoxy) is 2. The highest BCUT2D eigenvalue weighted by Gasteiger charge is 2.44. The number of nitrogens with one attached hydrogen (secondary N) is 1. The van der Waals surface area contributed by atoms with Crippen molar-refractivity contribution in [3.63, 3.8) is 0 Å². The van der Waals surface area contributed by atoms with E-state index in [1.807, 2.05) is 12.1 Å². The molecule has 0 spiro atoms. The molecule has 1 N–H and O–H groups in total. The number of imide groups is 1. The third-order valence-corrected chi connectivity index (χ3v) is 4.58.